The number of hydrogen-bond acceptors (Lipinski definition) is 4. The predicted molar refractivity (Wildman–Crippen MR) is 70.6 cm³/mol. The van der Waals surface area contributed by atoms with Gasteiger partial charge in [-0.2, -0.15) is 5.10 Å². The zero-order valence-electron chi connectivity index (χ0n) is 11.3. The highest BCUT2D eigenvalue weighted by Gasteiger charge is 2.19. The minimum atomic E-state index is -0.988. The van der Waals surface area contributed by atoms with Crippen LogP contribution in [-0.4, -0.2) is 27.8 Å². The van der Waals surface area contributed by atoms with Crippen molar-refractivity contribution in [1.29, 1.82) is 0 Å². The van der Waals surface area contributed by atoms with Gasteiger partial charge in [0.05, 0.1) is 6.20 Å². The normalized spacial score (nSPS) is 11.3. The molecule has 2 N–H and O–H groups in total. The molecule has 1 heterocycles. The lowest BCUT2D eigenvalue weighted by Crippen LogP contribution is -2.25. The van der Waals surface area contributed by atoms with Gasteiger partial charge >= 0.3 is 5.97 Å². The van der Waals surface area contributed by atoms with Crippen molar-refractivity contribution in [3.8, 4) is 0 Å². The van der Waals surface area contributed by atoms with E-state index < -0.39 is 5.97 Å². The third-order valence-corrected chi connectivity index (χ3v) is 3.17. The molecule has 0 spiro atoms. The van der Waals surface area contributed by atoms with E-state index in [0.29, 0.717) is 30.1 Å². The molecule has 0 saturated carbocycles. The Morgan fingerprint density at radius 2 is 1.94 bits per heavy atom. The number of nitrogens with zero attached hydrogens (tertiary/aromatic N) is 2. The Hall–Kier alpha value is -1.65. The molecule has 0 atom stereocenters. The highest BCUT2D eigenvalue weighted by molar-refractivity contribution is 5.92. The summed E-state index contributed by atoms with van der Waals surface area (Å²) < 4.78 is 0. The van der Waals surface area contributed by atoms with Gasteiger partial charge in [0.25, 0.3) is 0 Å². The van der Waals surface area contributed by atoms with Crippen LogP contribution in [0.3, 0.4) is 0 Å². The number of nitrogens with one attached hydrogen (secondary N) is 1. The lowest BCUT2D eigenvalue weighted by Gasteiger charge is -2.25. The van der Waals surface area contributed by atoms with Crippen molar-refractivity contribution >= 4 is 11.8 Å². The van der Waals surface area contributed by atoms with Crippen molar-refractivity contribution in [2.75, 3.05) is 11.9 Å². The highest BCUT2D eigenvalue weighted by atomic mass is 16.4. The van der Waals surface area contributed by atoms with Gasteiger partial charge in [-0.05, 0) is 23.8 Å². The molecule has 0 unspecified atom stereocenters. The van der Waals surface area contributed by atoms with E-state index in [9.17, 15) is 4.79 Å². The molecule has 0 aliphatic carbocycles. The van der Waals surface area contributed by atoms with Crippen LogP contribution in [0.5, 0.6) is 0 Å². The van der Waals surface area contributed by atoms with E-state index in [0.717, 1.165) is 0 Å². The summed E-state index contributed by atoms with van der Waals surface area (Å²) in [6.07, 6.45) is 1.39. The standard InChI is InChI=1S/C13H21N3O2/c1-8(2)11(9(3)4)7-14-12-10(13(17)18)5-6-15-16-12/h5-6,8-9,11H,7H2,1-4H3,(H,14,16)(H,17,18). The molecule has 0 fully saturated rings. The van der Waals surface area contributed by atoms with Crippen LogP contribution in [0.2, 0.25) is 0 Å². The molecule has 18 heavy (non-hydrogen) atoms. The Kier molecular flexibility index (Phi) is 5.07. The molecule has 0 saturated heterocycles. The molecule has 0 aromatic carbocycles. The maximum atomic E-state index is 11.0. The summed E-state index contributed by atoms with van der Waals surface area (Å²) in [5, 5.41) is 19.7. The van der Waals surface area contributed by atoms with Crippen molar-refractivity contribution in [2.24, 2.45) is 17.8 Å². The third-order valence-electron chi connectivity index (χ3n) is 3.17. The number of carboxylic acids is 1. The van der Waals surface area contributed by atoms with Gasteiger partial charge in [0.2, 0.25) is 0 Å². The number of aromatic nitrogens is 2. The van der Waals surface area contributed by atoms with E-state index in [1.807, 2.05) is 0 Å². The fourth-order valence-electron chi connectivity index (χ4n) is 2.09. The van der Waals surface area contributed by atoms with Crippen LogP contribution in [0, 0.1) is 17.8 Å². The molecule has 0 radical (unpaired) electrons. The van der Waals surface area contributed by atoms with Crippen molar-refractivity contribution in [3.63, 3.8) is 0 Å². The van der Waals surface area contributed by atoms with Crippen LogP contribution in [0.4, 0.5) is 5.82 Å². The second-order valence-electron chi connectivity index (χ2n) is 5.13. The number of carbonyl (C=O) groups is 1. The molecular weight excluding hydrogens is 230 g/mol. The molecule has 1 aromatic rings. The number of hydrogen-bond donors (Lipinski definition) is 2. The van der Waals surface area contributed by atoms with Gasteiger partial charge in [-0.1, -0.05) is 27.7 Å². The van der Waals surface area contributed by atoms with E-state index in [4.69, 9.17) is 5.11 Å². The lowest BCUT2D eigenvalue weighted by atomic mass is 9.85. The van der Waals surface area contributed by atoms with Gasteiger partial charge in [-0.3, -0.25) is 0 Å². The number of carboxylic acid groups (broad SMARTS) is 1. The highest BCUT2D eigenvalue weighted by Crippen LogP contribution is 2.21. The van der Waals surface area contributed by atoms with Crippen LogP contribution in [-0.2, 0) is 0 Å². The van der Waals surface area contributed by atoms with Gasteiger partial charge in [-0.25, -0.2) is 4.79 Å². The summed E-state index contributed by atoms with van der Waals surface area (Å²) in [6, 6.07) is 1.46. The Bertz CT molecular complexity index is 397. The van der Waals surface area contributed by atoms with Crippen molar-refractivity contribution in [1.82, 2.24) is 10.2 Å². The monoisotopic (exact) mass is 251 g/mol. The summed E-state index contributed by atoms with van der Waals surface area (Å²) in [6.45, 7) is 9.37. The van der Waals surface area contributed by atoms with Crippen LogP contribution in [0.15, 0.2) is 12.3 Å². The van der Waals surface area contributed by atoms with Crippen LogP contribution in [0.1, 0.15) is 38.1 Å². The minimum absolute atomic E-state index is 0.163. The minimum Gasteiger partial charge on any atom is -0.478 e. The molecular formula is C13H21N3O2. The Labute approximate surface area is 108 Å². The molecule has 5 heteroatoms. The third kappa shape index (κ3) is 3.68. The summed E-state index contributed by atoms with van der Waals surface area (Å²) in [5.74, 6) is 0.882. The maximum absolute atomic E-state index is 11.0. The smallest absolute Gasteiger partial charge is 0.339 e. The molecule has 5 nitrogen and oxygen atoms in total. The van der Waals surface area contributed by atoms with Crippen molar-refractivity contribution in [3.05, 3.63) is 17.8 Å². The predicted octanol–water partition coefficient (Wildman–Crippen LogP) is 2.51. The fourth-order valence-corrected chi connectivity index (χ4v) is 2.09. The first-order valence-corrected chi connectivity index (χ1v) is 6.22. The average Bonchev–Trinajstić information content (AvgIpc) is 2.28. The first kappa shape index (κ1) is 14.4. The average molecular weight is 251 g/mol. The summed E-state index contributed by atoms with van der Waals surface area (Å²) in [4.78, 5) is 11.0. The number of rotatable bonds is 6. The lowest BCUT2D eigenvalue weighted by molar-refractivity contribution is 0.0697. The summed E-state index contributed by atoms with van der Waals surface area (Å²) in [5.41, 5.74) is 0.163. The molecule has 1 rings (SSSR count). The molecule has 0 aliphatic rings. The zero-order valence-corrected chi connectivity index (χ0v) is 11.3. The number of aromatic carboxylic acids is 1. The van der Waals surface area contributed by atoms with Crippen molar-refractivity contribution in [2.45, 2.75) is 27.7 Å². The van der Waals surface area contributed by atoms with Gasteiger partial charge in [0, 0.05) is 6.54 Å². The van der Waals surface area contributed by atoms with Crippen LogP contribution in [0.25, 0.3) is 0 Å². The quantitative estimate of drug-likeness (QED) is 0.812. The van der Waals surface area contributed by atoms with E-state index in [1.165, 1.54) is 12.3 Å². The Morgan fingerprint density at radius 3 is 2.44 bits per heavy atom. The molecule has 0 amide bonds. The molecule has 0 bridgehead atoms. The van der Waals surface area contributed by atoms with Gasteiger partial charge in [-0.15, -0.1) is 5.10 Å². The summed E-state index contributed by atoms with van der Waals surface area (Å²) in [7, 11) is 0. The first-order valence-electron chi connectivity index (χ1n) is 6.22. The van der Waals surface area contributed by atoms with Gasteiger partial charge < -0.3 is 10.4 Å². The number of anilines is 1. The second-order valence-corrected chi connectivity index (χ2v) is 5.13. The topological polar surface area (TPSA) is 75.1 Å². The van der Waals surface area contributed by atoms with Crippen LogP contribution < -0.4 is 5.32 Å². The summed E-state index contributed by atoms with van der Waals surface area (Å²) >= 11 is 0. The van der Waals surface area contributed by atoms with E-state index in [2.05, 4.69) is 43.2 Å². The zero-order chi connectivity index (χ0) is 13.7. The Morgan fingerprint density at radius 1 is 1.33 bits per heavy atom. The fraction of sp³-hybridized carbons (Fsp3) is 0.615. The molecule has 0 aliphatic heterocycles. The first-order chi connectivity index (χ1) is 8.43. The molecule has 1 aromatic heterocycles. The van der Waals surface area contributed by atoms with E-state index in [1.54, 1.807) is 0 Å². The molecule has 100 valence electrons. The van der Waals surface area contributed by atoms with Gasteiger partial charge in [0.1, 0.15) is 5.56 Å². The SMILES string of the molecule is CC(C)C(CNc1nnccc1C(=O)O)C(C)C. The van der Waals surface area contributed by atoms with E-state index >= 15 is 0 Å². The maximum Gasteiger partial charge on any atom is 0.339 e. The second kappa shape index (κ2) is 6.33. The van der Waals surface area contributed by atoms with Crippen LogP contribution >= 0.6 is 0 Å². The Balaban J connectivity index is 2.76. The van der Waals surface area contributed by atoms with Gasteiger partial charge in [0.15, 0.2) is 5.82 Å². The largest absolute Gasteiger partial charge is 0.478 e. The van der Waals surface area contributed by atoms with E-state index in [-0.39, 0.29) is 5.56 Å². The van der Waals surface area contributed by atoms with Crippen molar-refractivity contribution < 1.29 is 9.90 Å².